The second kappa shape index (κ2) is 10.1. The molecule has 2 aromatic carbocycles. The summed E-state index contributed by atoms with van der Waals surface area (Å²) >= 11 is 0. The van der Waals surface area contributed by atoms with Gasteiger partial charge < -0.3 is 15.4 Å². The Kier molecular flexibility index (Phi) is 7.52. The number of rotatable bonds is 8. The van der Waals surface area contributed by atoms with E-state index in [1.54, 1.807) is 36.4 Å². The van der Waals surface area contributed by atoms with Gasteiger partial charge in [-0.3, -0.25) is 13.9 Å². The fraction of sp³-hybridized carbons (Fsp3) is 0.391. The van der Waals surface area contributed by atoms with Gasteiger partial charge in [0.25, 0.3) is 5.91 Å². The molecule has 0 unspecified atom stereocenters. The van der Waals surface area contributed by atoms with Crippen molar-refractivity contribution >= 4 is 33.2 Å². The van der Waals surface area contributed by atoms with E-state index in [9.17, 15) is 18.0 Å². The van der Waals surface area contributed by atoms with Crippen molar-refractivity contribution in [2.24, 2.45) is 0 Å². The largest absolute Gasteiger partial charge is 0.376 e. The van der Waals surface area contributed by atoms with Crippen LogP contribution in [0.3, 0.4) is 0 Å². The van der Waals surface area contributed by atoms with E-state index >= 15 is 0 Å². The molecule has 3 rings (SSSR count). The molecule has 0 spiro atoms. The van der Waals surface area contributed by atoms with Crippen molar-refractivity contribution in [1.82, 2.24) is 5.32 Å². The predicted octanol–water partition coefficient (Wildman–Crippen LogP) is 2.62. The Morgan fingerprint density at radius 3 is 2.53 bits per heavy atom. The molecule has 9 heteroatoms. The number of nitrogens with zero attached hydrogens (tertiary/aromatic N) is 1. The Balaban J connectivity index is 1.72. The number of ether oxygens (including phenoxy) is 1. The molecule has 0 aliphatic carbocycles. The highest BCUT2D eigenvalue weighted by atomic mass is 32.2. The van der Waals surface area contributed by atoms with Gasteiger partial charge in [0.1, 0.15) is 6.54 Å². The van der Waals surface area contributed by atoms with E-state index in [1.165, 1.54) is 0 Å². The van der Waals surface area contributed by atoms with Gasteiger partial charge in [0.05, 0.1) is 29.3 Å². The Morgan fingerprint density at radius 1 is 1.12 bits per heavy atom. The molecule has 1 fully saturated rings. The molecule has 1 atom stereocenters. The quantitative estimate of drug-likeness (QED) is 0.631. The molecule has 172 valence electrons. The maximum atomic E-state index is 12.8. The molecule has 0 radical (unpaired) electrons. The number of carbonyl (C=O) groups excluding carboxylic acids is 2. The first-order valence-electron chi connectivity index (χ1n) is 10.5. The predicted molar refractivity (Wildman–Crippen MR) is 124 cm³/mol. The van der Waals surface area contributed by atoms with E-state index in [0.717, 1.165) is 34.5 Å². The van der Waals surface area contributed by atoms with Crippen molar-refractivity contribution in [2.45, 2.75) is 32.8 Å². The highest BCUT2D eigenvalue weighted by molar-refractivity contribution is 7.92. The molecule has 2 aromatic rings. The summed E-state index contributed by atoms with van der Waals surface area (Å²) in [6, 6.07) is 11.8. The number of anilines is 2. The van der Waals surface area contributed by atoms with E-state index in [4.69, 9.17) is 4.74 Å². The van der Waals surface area contributed by atoms with Gasteiger partial charge in [0.15, 0.2) is 0 Å². The topological polar surface area (TPSA) is 105 Å². The van der Waals surface area contributed by atoms with Gasteiger partial charge in [-0.1, -0.05) is 18.2 Å². The lowest BCUT2D eigenvalue weighted by Gasteiger charge is -2.23. The molecule has 0 saturated carbocycles. The minimum absolute atomic E-state index is 0.00184. The van der Waals surface area contributed by atoms with Gasteiger partial charge >= 0.3 is 0 Å². The summed E-state index contributed by atoms with van der Waals surface area (Å²) < 4.78 is 31.3. The average molecular weight is 460 g/mol. The highest BCUT2D eigenvalue weighted by Gasteiger charge is 2.23. The van der Waals surface area contributed by atoms with Crippen molar-refractivity contribution in [3.8, 4) is 0 Å². The van der Waals surface area contributed by atoms with E-state index < -0.39 is 22.5 Å². The Morgan fingerprint density at radius 2 is 1.88 bits per heavy atom. The van der Waals surface area contributed by atoms with Crippen LogP contribution in [-0.4, -0.2) is 52.3 Å². The third-order valence-electron chi connectivity index (χ3n) is 5.43. The van der Waals surface area contributed by atoms with Gasteiger partial charge in [0, 0.05) is 13.2 Å². The van der Waals surface area contributed by atoms with Gasteiger partial charge in [-0.25, -0.2) is 8.42 Å². The third kappa shape index (κ3) is 6.08. The van der Waals surface area contributed by atoms with Crippen LogP contribution in [0.15, 0.2) is 42.5 Å². The molecule has 1 aliphatic rings. The molecule has 0 bridgehead atoms. The minimum Gasteiger partial charge on any atom is -0.376 e. The van der Waals surface area contributed by atoms with Gasteiger partial charge in [-0.15, -0.1) is 0 Å². The molecule has 2 N–H and O–H groups in total. The molecular formula is C23H29N3O5S. The Labute approximate surface area is 189 Å². The first-order valence-corrected chi connectivity index (χ1v) is 12.3. The lowest BCUT2D eigenvalue weighted by Crippen LogP contribution is -2.38. The number of nitrogens with one attached hydrogen (secondary N) is 2. The fourth-order valence-electron chi connectivity index (χ4n) is 3.50. The zero-order chi connectivity index (χ0) is 23.3. The number of amides is 2. The van der Waals surface area contributed by atoms with Crippen LogP contribution in [0.25, 0.3) is 0 Å². The lowest BCUT2D eigenvalue weighted by molar-refractivity contribution is -0.114. The number of aryl methyl sites for hydroxylation is 2. The van der Waals surface area contributed by atoms with Crippen LogP contribution in [-0.2, 0) is 19.6 Å². The van der Waals surface area contributed by atoms with Crippen LogP contribution >= 0.6 is 0 Å². The van der Waals surface area contributed by atoms with Crippen molar-refractivity contribution in [1.29, 1.82) is 0 Å². The van der Waals surface area contributed by atoms with Crippen molar-refractivity contribution in [2.75, 3.05) is 35.6 Å². The number of carbonyl (C=O) groups is 2. The van der Waals surface area contributed by atoms with E-state index in [-0.39, 0.29) is 12.0 Å². The SMILES string of the molecule is Cc1ccc(N(CC(=O)Nc2ccccc2C(=O)NC[C@H]2CCCO2)S(C)(=O)=O)cc1C. The summed E-state index contributed by atoms with van der Waals surface area (Å²) in [5, 5.41) is 5.52. The summed E-state index contributed by atoms with van der Waals surface area (Å²) in [5.74, 6) is -0.876. The number of benzene rings is 2. The first-order chi connectivity index (χ1) is 15.1. The Bertz CT molecular complexity index is 1090. The van der Waals surface area contributed by atoms with Crippen LogP contribution < -0.4 is 14.9 Å². The molecule has 1 aliphatic heterocycles. The number of para-hydroxylation sites is 1. The summed E-state index contributed by atoms with van der Waals surface area (Å²) in [7, 11) is -3.70. The van der Waals surface area contributed by atoms with Gasteiger partial charge in [0.2, 0.25) is 15.9 Å². The standard InChI is InChI=1S/C23H29N3O5S/c1-16-10-11-18(13-17(16)2)26(32(3,29)30)15-22(27)25-21-9-5-4-8-20(21)23(28)24-14-19-7-6-12-31-19/h4-5,8-11,13,19H,6-7,12,14-15H2,1-3H3,(H,24,28)(H,25,27)/t19-/m1/s1. The smallest absolute Gasteiger partial charge is 0.253 e. The maximum Gasteiger partial charge on any atom is 0.253 e. The summed E-state index contributed by atoms with van der Waals surface area (Å²) in [6.45, 7) is 4.50. The molecule has 0 aromatic heterocycles. The Hall–Kier alpha value is -2.91. The fourth-order valence-corrected chi connectivity index (χ4v) is 4.35. The molecule has 1 heterocycles. The van der Waals surface area contributed by atoms with E-state index in [1.807, 2.05) is 19.9 Å². The van der Waals surface area contributed by atoms with Crippen LogP contribution in [0.2, 0.25) is 0 Å². The average Bonchev–Trinajstić information content (AvgIpc) is 3.26. The number of sulfonamides is 1. The molecule has 8 nitrogen and oxygen atoms in total. The monoisotopic (exact) mass is 459 g/mol. The van der Waals surface area contributed by atoms with Crippen LogP contribution in [0, 0.1) is 13.8 Å². The zero-order valence-corrected chi connectivity index (χ0v) is 19.4. The molecule has 1 saturated heterocycles. The third-order valence-corrected chi connectivity index (χ3v) is 6.57. The van der Waals surface area contributed by atoms with Crippen LogP contribution in [0.4, 0.5) is 11.4 Å². The second-order valence-electron chi connectivity index (χ2n) is 7.98. The number of hydrogen-bond donors (Lipinski definition) is 2. The van der Waals surface area contributed by atoms with Gasteiger partial charge in [-0.05, 0) is 62.1 Å². The van der Waals surface area contributed by atoms with Crippen molar-refractivity contribution < 1.29 is 22.7 Å². The summed E-state index contributed by atoms with van der Waals surface area (Å²) in [4.78, 5) is 25.4. The maximum absolute atomic E-state index is 12.8. The zero-order valence-electron chi connectivity index (χ0n) is 18.6. The normalized spacial score (nSPS) is 15.9. The lowest BCUT2D eigenvalue weighted by atomic mass is 10.1. The van der Waals surface area contributed by atoms with E-state index in [0.29, 0.717) is 30.1 Å². The van der Waals surface area contributed by atoms with Gasteiger partial charge in [-0.2, -0.15) is 0 Å². The molecular weight excluding hydrogens is 430 g/mol. The second-order valence-corrected chi connectivity index (χ2v) is 9.88. The summed E-state index contributed by atoms with van der Waals surface area (Å²) in [6.07, 6.45) is 2.94. The minimum atomic E-state index is -3.70. The summed E-state index contributed by atoms with van der Waals surface area (Å²) in [5.41, 5.74) is 2.97. The highest BCUT2D eigenvalue weighted by Crippen LogP contribution is 2.22. The molecule has 2 amide bonds. The van der Waals surface area contributed by atoms with Crippen LogP contribution in [0.5, 0.6) is 0 Å². The van der Waals surface area contributed by atoms with Crippen molar-refractivity contribution in [3.05, 3.63) is 59.2 Å². The van der Waals surface area contributed by atoms with Crippen LogP contribution in [0.1, 0.15) is 34.3 Å². The number of hydrogen-bond acceptors (Lipinski definition) is 5. The van der Waals surface area contributed by atoms with E-state index in [2.05, 4.69) is 10.6 Å². The first kappa shape index (κ1) is 23.7. The van der Waals surface area contributed by atoms with Crippen molar-refractivity contribution in [3.63, 3.8) is 0 Å². The molecule has 32 heavy (non-hydrogen) atoms.